The van der Waals surface area contributed by atoms with E-state index in [-0.39, 0.29) is 11.5 Å². The van der Waals surface area contributed by atoms with Crippen molar-refractivity contribution < 1.29 is 18.7 Å². The van der Waals surface area contributed by atoms with Gasteiger partial charge in [0.05, 0.1) is 12.0 Å². The Kier molecular flexibility index (Phi) is 2.74. The quantitative estimate of drug-likeness (QED) is 0.784. The average Bonchev–Trinajstić information content (AvgIpc) is 2.86. The van der Waals surface area contributed by atoms with Crippen molar-refractivity contribution in [3.8, 4) is 17.1 Å². The lowest BCUT2D eigenvalue weighted by Crippen LogP contribution is -2.35. The van der Waals surface area contributed by atoms with Crippen molar-refractivity contribution in [1.82, 2.24) is 0 Å². The van der Waals surface area contributed by atoms with E-state index in [1.165, 1.54) is 0 Å². The molecule has 3 rings (SSSR count). The zero-order valence-electron chi connectivity index (χ0n) is 11.3. The summed E-state index contributed by atoms with van der Waals surface area (Å²) in [5.74, 6) is 1.48. The smallest absolute Gasteiger partial charge is 0.185 e. The zero-order chi connectivity index (χ0) is 14.3. The van der Waals surface area contributed by atoms with Gasteiger partial charge < -0.3 is 9.15 Å². The largest absolute Gasteiger partial charge is 0.487 e. The summed E-state index contributed by atoms with van der Waals surface area (Å²) in [5, 5.41) is 0. The molecule has 0 spiro atoms. The van der Waals surface area contributed by atoms with Crippen molar-refractivity contribution in [2.45, 2.75) is 25.9 Å². The van der Waals surface area contributed by atoms with Crippen LogP contribution in [0.5, 0.6) is 5.75 Å². The summed E-state index contributed by atoms with van der Waals surface area (Å²) >= 11 is 0. The average molecular weight is 270 g/mol. The summed E-state index contributed by atoms with van der Waals surface area (Å²) in [7, 11) is 0. The van der Waals surface area contributed by atoms with Crippen LogP contribution in [-0.2, 0) is 0 Å². The fourth-order valence-electron chi connectivity index (χ4n) is 2.38. The number of ketones is 1. The first-order valence-electron chi connectivity index (χ1n) is 6.40. The van der Waals surface area contributed by atoms with Gasteiger partial charge >= 0.3 is 0 Å². The number of fused-ring (bicyclic) bond motifs is 1. The van der Waals surface area contributed by atoms with Crippen LogP contribution in [0.1, 0.15) is 41.2 Å². The molecule has 102 valence electrons. The highest BCUT2D eigenvalue weighted by atomic mass is 16.5. The maximum Gasteiger partial charge on any atom is 0.185 e. The minimum atomic E-state index is -0.471. The van der Waals surface area contributed by atoms with Crippen LogP contribution in [-0.4, -0.2) is 17.7 Å². The van der Waals surface area contributed by atoms with Gasteiger partial charge in [-0.05, 0) is 44.2 Å². The SMILES string of the molecule is CC1(C)CC(=O)c2cc(-c3ccc(C=O)o3)ccc2O1. The van der Waals surface area contributed by atoms with Crippen LogP contribution in [0.2, 0.25) is 0 Å². The molecule has 4 heteroatoms. The van der Waals surface area contributed by atoms with E-state index in [4.69, 9.17) is 9.15 Å². The summed E-state index contributed by atoms with van der Waals surface area (Å²) in [6.45, 7) is 3.79. The van der Waals surface area contributed by atoms with Crippen molar-refractivity contribution >= 4 is 12.1 Å². The van der Waals surface area contributed by atoms with Gasteiger partial charge in [0.25, 0.3) is 0 Å². The summed E-state index contributed by atoms with van der Waals surface area (Å²) in [5.41, 5.74) is 0.848. The third-order valence-electron chi connectivity index (χ3n) is 3.28. The Bertz CT molecular complexity index is 694. The number of carbonyl (C=O) groups excluding carboxylic acids is 2. The topological polar surface area (TPSA) is 56.5 Å². The molecule has 1 aliphatic rings. The van der Waals surface area contributed by atoms with Crippen LogP contribution in [0.25, 0.3) is 11.3 Å². The highest BCUT2D eigenvalue weighted by Gasteiger charge is 2.32. The lowest BCUT2D eigenvalue weighted by atomic mass is 9.92. The van der Waals surface area contributed by atoms with Crippen molar-refractivity contribution in [3.63, 3.8) is 0 Å². The molecular weight excluding hydrogens is 256 g/mol. The third-order valence-corrected chi connectivity index (χ3v) is 3.28. The van der Waals surface area contributed by atoms with Crippen LogP contribution in [0.15, 0.2) is 34.7 Å². The molecule has 0 saturated heterocycles. The van der Waals surface area contributed by atoms with Crippen LogP contribution in [0.4, 0.5) is 0 Å². The molecule has 0 saturated carbocycles. The molecule has 20 heavy (non-hydrogen) atoms. The number of aldehydes is 1. The van der Waals surface area contributed by atoms with Crippen molar-refractivity contribution in [2.24, 2.45) is 0 Å². The molecule has 0 N–H and O–H groups in total. The standard InChI is InChI=1S/C16H14O4/c1-16(2)8-13(18)12-7-10(3-5-15(12)20-16)14-6-4-11(9-17)19-14/h3-7,9H,8H2,1-2H3. The molecule has 4 nitrogen and oxygen atoms in total. The Balaban J connectivity index is 2.03. The van der Waals surface area contributed by atoms with Crippen LogP contribution >= 0.6 is 0 Å². The van der Waals surface area contributed by atoms with E-state index in [1.807, 2.05) is 19.9 Å². The highest BCUT2D eigenvalue weighted by molar-refractivity contribution is 6.01. The fraction of sp³-hybridized carbons (Fsp3) is 0.250. The number of benzene rings is 1. The van der Waals surface area contributed by atoms with E-state index in [9.17, 15) is 9.59 Å². The van der Waals surface area contributed by atoms with Gasteiger partial charge in [-0.1, -0.05) is 0 Å². The Labute approximate surface area is 116 Å². The number of ether oxygens (including phenoxy) is 1. The second-order valence-electron chi connectivity index (χ2n) is 5.49. The van der Waals surface area contributed by atoms with Crippen molar-refractivity contribution in [3.05, 3.63) is 41.7 Å². The molecule has 0 radical (unpaired) electrons. The van der Waals surface area contributed by atoms with Gasteiger partial charge in [-0.2, -0.15) is 0 Å². The van der Waals surface area contributed by atoms with Gasteiger partial charge in [0.1, 0.15) is 17.1 Å². The molecule has 2 aromatic rings. The summed E-state index contributed by atoms with van der Waals surface area (Å²) in [4.78, 5) is 22.8. The van der Waals surface area contributed by atoms with Crippen LogP contribution < -0.4 is 4.74 Å². The number of Topliss-reactive ketones (excluding diaryl/α,β-unsaturated/α-hetero) is 1. The first-order valence-corrected chi connectivity index (χ1v) is 6.40. The Hall–Kier alpha value is -2.36. The Morgan fingerprint density at radius 1 is 1.20 bits per heavy atom. The van der Waals surface area contributed by atoms with Gasteiger partial charge in [0.2, 0.25) is 0 Å². The highest BCUT2D eigenvalue weighted by Crippen LogP contribution is 2.35. The predicted molar refractivity (Wildman–Crippen MR) is 73.2 cm³/mol. The summed E-state index contributed by atoms with van der Waals surface area (Å²) < 4.78 is 11.2. The molecule has 2 heterocycles. The summed E-state index contributed by atoms with van der Waals surface area (Å²) in [6.07, 6.45) is 1.000. The van der Waals surface area contributed by atoms with E-state index >= 15 is 0 Å². The maximum absolute atomic E-state index is 12.2. The molecule has 0 amide bonds. The van der Waals surface area contributed by atoms with Crippen molar-refractivity contribution in [1.29, 1.82) is 0 Å². The fourth-order valence-corrected chi connectivity index (χ4v) is 2.38. The van der Waals surface area contributed by atoms with Crippen LogP contribution in [0, 0.1) is 0 Å². The monoisotopic (exact) mass is 270 g/mol. The Morgan fingerprint density at radius 3 is 2.70 bits per heavy atom. The minimum absolute atomic E-state index is 0.0558. The molecule has 0 fully saturated rings. The molecule has 1 aliphatic heterocycles. The van der Waals surface area contributed by atoms with E-state index in [2.05, 4.69) is 0 Å². The lowest BCUT2D eigenvalue weighted by molar-refractivity contribution is 0.0620. The molecule has 0 bridgehead atoms. The number of rotatable bonds is 2. The Morgan fingerprint density at radius 2 is 2.00 bits per heavy atom. The van der Waals surface area contributed by atoms with Gasteiger partial charge in [-0.15, -0.1) is 0 Å². The number of carbonyl (C=O) groups is 2. The molecular formula is C16H14O4. The van der Waals surface area contributed by atoms with Gasteiger partial charge in [-0.25, -0.2) is 0 Å². The molecule has 1 aromatic carbocycles. The normalized spacial score (nSPS) is 16.4. The van der Waals surface area contributed by atoms with E-state index < -0.39 is 5.60 Å². The first kappa shape index (κ1) is 12.7. The number of hydrogen-bond acceptors (Lipinski definition) is 4. The third kappa shape index (κ3) is 2.13. The second-order valence-corrected chi connectivity index (χ2v) is 5.49. The zero-order valence-corrected chi connectivity index (χ0v) is 11.3. The van der Waals surface area contributed by atoms with Gasteiger partial charge in [-0.3, -0.25) is 9.59 Å². The molecule has 0 aliphatic carbocycles. The van der Waals surface area contributed by atoms with Crippen molar-refractivity contribution in [2.75, 3.05) is 0 Å². The second kappa shape index (κ2) is 4.34. The maximum atomic E-state index is 12.2. The number of furan rings is 1. The first-order chi connectivity index (χ1) is 9.48. The van der Waals surface area contributed by atoms with Gasteiger partial charge in [0, 0.05) is 5.56 Å². The van der Waals surface area contributed by atoms with E-state index in [1.54, 1.807) is 24.3 Å². The molecule has 1 aromatic heterocycles. The van der Waals surface area contributed by atoms with E-state index in [0.717, 1.165) is 5.56 Å². The lowest BCUT2D eigenvalue weighted by Gasteiger charge is -2.31. The van der Waals surface area contributed by atoms with Crippen LogP contribution in [0.3, 0.4) is 0 Å². The number of hydrogen-bond donors (Lipinski definition) is 0. The predicted octanol–water partition coefficient (Wildman–Crippen LogP) is 3.50. The van der Waals surface area contributed by atoms with E-state index in [0.29, 0.717) is 29.8 Å². The molecule has 0 unspecified atom stereocenters. The summed E-state index contributed by atoms with van der Waals surface area (Å²) in [6, 6.07) is 8.65. The molecule has 0 atom stereocenters. The van der Waals surface area contributed by atoms with Gasteiger partial charge in [0.15, 0.2) is 17.8 Å². The minimum Gasteiger partial charge on any atom is -0.487 e.